The van der Waals surface area contributed by atoms with Crippen molar-refractivity contribution in [3.63, 3.8) is 0 Å². The van der Waals surface area contributed by atoms with Gasteiger partial charge in [-0.2, -0.15) is 5.26 Å². The summed E-state index contributed by atoms with van der Waals surface area (Å²) in [5.74, 6) is 0.928. The maximum atomic E-state index is 13.4. The van der Waals surface area contributed by atoms with Crippen LogP contribution in [-0.4, -0.2) is 34.5 Å². The third-order valence-electron chi connectivity index (χ3n) is 6.57. The Morgan fingerprint density at radius 3 is 2.48 bits per heavy atom. The van der Waals surface area contributed by atoms with E-state index in [2.05, 4.69) is 49.7 Å². The minimum atomic E-state index is -0.266. The molecule has 2 heterocycles. The Labute approximate surface area is 196 Å². The molecule has 0 bridgehead atoms. The summed E-state index contributed by atoms with van der Waals surface area (Å²) in [5.41, 5.74) is 5.02. The molecule has 1 unspecified atom stereocenters. The first-order chi connectivity index (χ1) is 15.7. The highest BCUT2D eigenvalue weighted by Crippen LogP contribution is 2.37. The molecule has 1 aromatic carbocycles. The van der Waals surface area contributed by atoms with E-state index in [9.17, 15) is 9.65 Å². The third kappa shape index (κ3) is 5.57. The Morgan fingerprint density at radius 1 is 1.15 bits per heavy atom. The lowest BCUT2D eigenvalue weighted by Crippen LogP contribution is -2.38. The zero-order chi connectivity index (χ0) is 23.6. The number of rotatable bonds is 4. The van der Waals surface area contributed by atoms with Gasteiger partial charge in [0.2, 0.25) is 0 Å². The van der Waals surface area contributed by atoms with Gasteiger partial charge in [-0.1, -0.05) is 33.8 Å². The van der Waals surface area contributed by atoms with Gasteiger partial charge in [0.1, 0.15) is 5.82 Å². The second kappa shape index (κ2) is 9.57. The van der Waals surface area contributed by atoms with Crippen LogP contribution >= 0.6 is 0 Å². The number of hydrogen-bond donors (Lipinski definition) is 0. The molecule has 0 amide bonds. The minimum Gasteiger partial charge on any atom is -0.303 e. The van der Waals surface area contributed by atoms with E-state index in [1.807, 2.05) is 12.3 Å². The molecule has 2 aromatic rings. The molecule has 0 N–H and O–H groups in total. The standard InChI is InChI=1S/C28H33FN4/c1-19-5-6-22(15-23(19)16-30)25-17-31-27(21-7-9-24(29)10-8-21)32-26(25)20-11-13-33(14-12-20)18-28(2,3)4/h6-10,15,17,19-20H,5,11-14,18H2,1-4H3. The van der Waals surface area contributed by atoms with E-state index in [4.69, 9.17) is 4.98 Å². The maximum absolute atomic E-state index is 13.4. The van der Waals surface area contributed by atoms with E-state index in [1.165, 1.54) is 12.1 Å². The van der Waals surface area contributed by atoms with Gasteiger partial charge < -0.3 is 4.90 Å². The van der Waals surface area contributed by atoms with Gasteiger partial charge in [0.25, 0.3) is 0 Å². The van der Waals surface area contributed by atoms with Crippen LogP contribution < -0.4 is 0 Å². The van der Waals surface area contributed by atoms with Gasteiger partial charge in [-0.3, -0.25) is 0 Å². The van der Waals surface area contributed by atoms with Gasteiger partial charge in [-0.05, 0) is 79.6 Å². The van der Waals surface area contributed by atoms with Crippen molar-refractivity contribution in [1.29, 1.82) is 5.26 Å². The maximum Gasteiger partial charge on any atom is 0.159 e. The van der Waals surface area contributed by atoms with Crippen LogP contribution in [0.1, 0.15) is 64.1 Å². The highest BCUT2D eigenvalue weighted by molar-refractivity contribution is 5.78. The summed E-state index contributed by atoms with van der Waals surface area (Å²) in [6, 6.07) is 8.72. The number of hydrogen-bond acceptors (Lipinski definition) is 4. The van der Waals surface area contributed by atoms with Crippen LogP contribution in [0.4, 0.5) is 4.39 Å². The first-order valence-corrected chi connectivity index (χ1v) is 11.9. The number of halogens is 1. The van der Waals surface area contributed by atoms with Crippen molar-refractivity contribution in [2.75, 3.05) is 19.6 Å². The SMILES string of the molecule is CC1CC=C(c2cnc(-c3ccc(F)cc3)nc2C2CCN(CC(C)(C)C)CC2)C=C1C#N. The molecule has 4 rings (SSSR count). The van der Waals surface area contributed by atoms with E-state index in [1.54, 1.807) is 12.1 Å². The lowest BCUT2D eigenvalue weighted by Gasteiger charge is -2.36. The van der Waals surface area contributed by atoms with E-state index >= 15 is 0 Å². The number of allylic oxidation sites excluding steroid dienone is 4. The minimum absolute atomic E-state index is 0.238. The molecular weight excluding hydrogens is 411 g/mol. The quantitative estimate of drug-likeness (QED) is 0.549. The predicted molar refractivity (Wildman–Crippen MR) is 131 cm³/mol. The van der Waals surface area contributed by atoms with E-state index in [0.717, 1.165) is 66.9 Å². The summed E-state index contributed by atoms with van der Waals surface area (Å²) in [6.07, 6.45) is 9.04. The smallest absolute Gasteiger partial charge is 0.159 e. The topological polar surface area (TPSA) is 52.8 Å². The Bertz CT molecular complexity index is 1090. The molecule has 1 fully saturated rings. The van der Waals surface area contributed by atoms with Crippen LogP contribution in [0.2, 0.25) is 0 Å². The van der Waals surface area contributed by atoms with Gasteiger partial charge >= 0.3 is 0 Å². The summed E-state index contributed by atoms with van der Waals surface area (Å²) >= 11 is 0. The summed E-state index contributed by atoms with van der Waals surface area (Å²) in [4.78, 5) is 12.2. The van der Waals surface area contributed by atoms with Crippen molar-refractivity contribution in [2.45, 2.75) is 52.9 Å². The fourth-order valence-electron chi connectivity index (χ4n) is 4.83. The molecule has 1 saturated heterocycles. The monoisotopic (exact) mass is 444 g/mol. The first-order valence-electron chi connectivity index (χ1n) is 11.9. The third-order valence-corrected chi connectivity index (χ3v) is 6.57. The lowest BCUT2D eigenvalue weighted by molar-refractivity contribution is 0.153. The molecule has 1 aliphatic carbocycles. The highest BCUT2D eigenvalue weighted by Gasteiger charge is 2.28. The summed E-state index contributed by atoms with van der Waals surface area (Å²) in [6.45, 7) is 12.1. The number of likely N-dealkylation sites (tertiary alicyclic amines) is 1. The van der Waals surface area contributed by atoms with E-state index < -0.39 is 0 Å². The molecule has 33 heavy (non-hydrogen) atoms. The Morgan fingerprint density at radius 2 is 1.85 bits per heavy atom. The fourth-order valence-corrected chi connectivity index (χ4v) is 4.83. The number of aromatic nitrogens is 2. The van der Waals surface area contributed by atoms with Crippen LogP contribution in [0.25, 0.3) is 17.0 Å². The van der Waals surface area contributed by atoms with Crippen LogP contribution in [0.3, 0.4) is 0 Å². The summed E-state index contributed by atoms with van der Waals surface area (Å²) in [7, 11) is 0. The Balaban J connectivity index is 1.68. The number of benzene rings is 1. The fraction of sp³-hybridized carbons (Fsp3) is 0.464. The van der Waals surface area contributed by atoms with E-state index in [-0.39, 0.29) is 17.2 Å². The largest absolute Gasteiger partial charge is 0.303 e. The first kappa shape index (κ1) is 23.3. The van der Waals surface area contributed by atoms with Crippen molar-refractivity contribution < 1.29 is 4.39 Å². The molecular formula is C28H33FN4. The number of piperidine rings is 1. The normalized spacial score (nSPS) is 20.2. The van der Waals surface area contributed by atoms with Crippen molar-refractivity contribution in [3.8, 4) is 17.5 Å². The molecule has 1 aliphatic heterocycles. The van der Waals surface area contributed by atoms with Gasteiger partial charge in [-0.25, -0.2) is 14.4 Å². The van der Waals surface area contributed by atoms with Gasteiger partial charge in [0, 0.05) is 35.4 Å². The molecule has 0 spiro atoms. The molecule has 1 atom stereocenters. The van der Waals surface area contributed by atoms with E-state index in [0.29, 0.717) is 11.7 Å². The molecule has 2 aliphatic rings. The van der Waals surface area contributed by atoms with Crippen molar-refractivity contribution in [3.05, 3.63) is 65.3 Å². The Kier molecular flexibility index (Phi) is 6.76. The van der Waals surface area contributed by atoms with Crippen LogP contribution in [0.5, 0.6) is 0 Å². The second-order valence-corrected chi connectivity index (χ2v) is 10.6. The number of nitriles is 1. The van der Waals surface area contributed by atoms with Crippen molar-refractivity contribution >= 4 is 5.57 Å². The molecule has 0 radical (unpaired) electrons. The molecule has 1 aromatic heterocycles. The highest BCUT2D eigenvalue weighted by atomic mass is 19.1. The van der Waals surface area contributed by atoms with Crippen molar-refractivity contribution in [1.82, 2.24) is 14.9 Å². The van der Waals surface area contributed by atoms with Crippen LogP contribution in [0, 0.1) is 28.5 Å². The van der Waals surface area contributed by atoms with Crippen molar-refractivity contribution in [2.24, 2.45) is 11.3 Å². The molecule has 4 nitrogen and oxygen atoms in total. The summed E-state index contributed by atoms with van der Waals surface area (Å²) in [5, 5.41) is 9.57. The second-order valence-electron chi connectivity index (χ2n) is 10.6. The average Bonchev–Trinajstić information content (AvgIpc) is 2.79. The van der Waals surface area contributed by atoms with Gasteiger partial charge in [0.05, 0.1) is 11.8 Å². The van der Waals surface area contributed by atoms with Crippen LogP contribution in [-0.2, 0) is 0 Å². The zero-order valence-corrected chi connectivity index (χ0v) is 20.1. The lowest BCUT2D eigenvalue weighted by atomic mass is 9.84. The Hall–Kier alpha value is -2.84. The van der Waals surface area contributed by atoms with Crippen LogP contribution in [0.15, 0.2) is 48.2 Å². The number of nitrogens with zero attached hydrogens (tertiary/aromatic N) is 4. The molecule has 0 saturated carbocycles. The molecule has 172 valence electrons. The average molecular weight is 445 g/mol. The summed E-state index contributed by atoms with van der Waals surface area (Å²) < 4.78 is 13.4. The zero-order valence-electron chi connectivity index (χ0n) is 20.1. The molecule has 5 heteroatoms. The van der Waals surface area contributed by atoms with Gasteiger partial charge in [-0.15, -0.1) is 0 Å². The predicted octanol–water partition coefficient (Wildman–Crippen LogP) is 6.38. The van der Waals surface area contributed by atoms with Gasteiger partial charge in [0.15, 0.2) is 5.82 Å².